The van der Waals surface area contributed by atoms with Crippen LogP contribution < -0.4 is 0 Å². The summed E-state index contributed by atoms with van der Waals surface area (Å²) in [7, 11) is 0. The molecule has 0 aliphatic carbocycles. The van der Waals surface area contributed by atoms with Gasteiger partial charge in [0.2, 0.25) is 0 Å². The van der Waals surface area contributed by atoms with Crippen LogP contribution in [0.15, 0.2) is 132 Å². The van der Waals surface area contributed by atoms with E-state index in [4.69, 9.17) is 9.98 Å². The molecule has 0 atom stereocenters. The van der Waals surface area contributed by atoms with Crippen LogP contribution in [-0.2, 0) is 0 Å². The molecule has 0 aliphatic rings. The van der Waals surface area contributed by atoms with Crippen LogP contribution in [0.2, 0.25) is 0 Å². The van der Waals surface area contributed by atoms with E-state index >= 15 is 0 Å². The van der Waals surface area contributed by atoms with Gasteiger partial charge < -0.3 is 0 Å². The number of aromatic nitrogens is 2. The SMILES string of the molecule is C(=Nc1ccc2ccccc2c1-c1c(N=Cc2cccnc2)ccc2ccccc12)c1cccnc1. The normalized spacial score (nSPS) is 11.7. The van der Waals surface area contributed by atoms with Crippen molar-refractivity contribution >= 4 is 45.3 Å². The van der Waals surface area contributed by atoms with Gasteiger partial charge in [-0.05, 0) is 45.8 Å². The molecule has 0 unspecified atom stereocenters. The van der Waals surface area contributed by atoms with Gasteiger partial charge in [0.15, 0.2) is 0 Å². The van der Waals surface area contributed by atoms with E-state index in [-0.39, 0.29) is 0 Å². The van der Waals surface area contributed by atoms with Crippen molar-refractivity contribution in [1.82, 2.24) is 9.97 Å². The van der Waals surface area contributed by atoms with Crippen LogP contribution in [0.3, 0.4) is 0 Å². The zero-order chi connectivity index (χ0) is 24.2. The van der Waals surface area contributed by atoms with Gasteiger partial charge in [-0.2, -0.15) is 0 Å². The zero-order valence-electron chi connectivity index (χ0n) is 19.5. The van der Waals surface area contributed by atoms with Gasteiger partial charge in [-0.25, -0.2) is 0 Å². The van der Waals surface area contributed by atoms with E-state index in [0.29, 0.717) is 0 Å². The smallest absolute Gasteiger partial charge is 0.0715 e. The highest BCUT2D eigenvalue weighted by molar-refractivity contribution is 6.13. The highest BCUT2D eigenvalue weighted by Gasteiger charge is 2.16. The summed E-state index contributed by atoms with van der Waals surface area (Å²) >= 11 is 0. The summed E-state index contributed by atoms with van der Waals surface area (Å²) in [5, 5.41) is 4.57. The van der Waals surface area contributed by atoms with E-state index in [9.17, 15) is 0 Å². The fourth-order valence-electron chi connectivity index (χ4n) is 4.45. The maximum absolute atomic E-state index is 4.94. The Hall–Kier alpha value is -4.96. The first-order chi connectivity index (χ1) is 17.9. The summed E-state index contributed by atoms with van der Waals surface area (Å²) < 4.78 is 0. The maximum Gasteiger partial charge on any atom is 0.0715 e. The molecule has 0 aliphatic heterocycles. The Morgan fingerprint density at radius 1 is 0.472 bits per heavy atom. The second-order valence-corrected chi connectivity index (χ2v) is 8.45. The first-order valence-corrected chi connectivity index (χ1v) is 11.8. The molecule has 0 saturated carbocycles. The number of fused-ring (bicyclic) bond motifs is 2. The second kappa shape index (κ2) is 9.72. The van der Waals surface area contributed by atoms with Gasteiger partial charge in [0.05, 0.1) is 11.4 Å². The topological polar surface area (TPSA) is 50.5 Å². The second-order valence-electron chi connectivity index (χ2n) is 8.45. The van der Waals surface area contributed by atoms with Crippen molar-refractivity contribution in [2.45, 2.75) is 0 Å². The molecule has 4 aromatic carbocycles. The number of nitrogens with zero attached hydrogens (tertiary/aromatic N) is 4. The predicted octanol–water partition coefficient (Wildman–Crippen LogP) is 7.95. The summed E-state index contributed by atoms with van der Waals surface area (Å²) in [4.78, 5) is 18.3. The summed E-state index contributed by atoms with van der Waals surface area (Å²) in [6.07, 6.45) is 10.9. The van der Waals surface area contributed by atoms with Crippen molar-refractivity contribution in [1.29, 1.82) is 0 Å². The summed E-state index contributed by atoms with van der Waals surface area (Å²) in [6.45, 7) is 0. The molecule has 6 rings (SSSR count). The molecule has 0 spiro atoms. The molecule has 2 heterocycles. The lowest BCUT2D eigenvalue weighted by atomic mass is 9.91. The van der Waals surface area contributed by atoms with Crippen molar-refractivity contribution in [3.63, 3.8) is 0 Å². The van der Waals surface area contributed by atoms with Gasteiger partial charge in [0, 0.05) is 59.5 Å². The van der Waals surface area contributed by atoms with Crippen molar-refractivity contribution in [3.8, 4) is 11.1 Å². The average Bonchev–Trinajstić information content (AvgIpc) is 2.95. The maximum atomic E-state index is 4.94. The predicted molar refractivity (Wildman–Crippen MR) is 150 cm³/mol. The molecular weight excluding hydrogens is 440 g/mol. The molecule has 4 nitrogen and oxygen atoms in total. The first kappa shape index (κ1) is 21.6. The van der Waals surface area contributed by atoms with E-state index in [1.54, 1.807) is 12.4 Å². The first-order valence-electron chi connectivity index (χ1n) is 11.8. The molecule has 0 bridgehead atoms. The fourth-order valence-corrected chi connectivity index (χ4v) is 4.45. The van der Waals surface area contributed by atoms with Gasteiger partial charge in [-0.1, -0.05) is 72.8 Å². The Kier molecular flexibility index (Phi) is 5.83. The Morgan fingerprint density at radius 2 is 0.944 bits per heavy atom. The lowest BCUT2D eigenvalue weighted by Crippen LogP contribution is -1.89. The third-order valence-electron chi connectivity index (χ3n) is 6.14. The molecule has 0 N–H and O–H groups in total. The van der Waals surface area contributed by atoms with Crippen molar-refractivity contribution in [2.75, 3.05) is 0 Å². The summed E-state index contributed by atoms with van der Waals surface area (Å²) in [5.74, 6) is 0. The third kappa shape index (κ3) is 4.28. The minimum atomic E-state index is 0.881. The number of rotatable bonds is 5. The minimum absolute atomic E-state index is 0.881. The Morgan fingerprint density at radius 3 is 1.39 bits per heavy atom. The Labute approximate surface area is 209 Å². The lowest BCUT2D eigenvalue weighted by Gasteiger charge is -2.16. The van der Waals surface area contributed by atoms with Crippen LogP contribution in [0.5, 0.6) is 0 Å². The molecule has 4 heteroatoms. The minimum Gasteiger partial charge on any atom is -0.264 e. The fraction of sp³-hybridized carbons (Fsp3) is 0. The van der Waals surface area contributed by atoms with E-state index in [0.717, 1.165) is 55.2 Å². The summed E-state index contributed by atoms with van der Waals surface area (Å²) in [5.41, 5.74) is 5.78. The van der Waals surface area contributed by atoms with Crippen LogP contribution in [-0.4, -0.2) is 22.4 Å². The van der Waals surface area contributed by atoms with Crippen LogP contribution >= 0.6 is 0 Å². The van der Waals surface area contributed by atoms with Crippen LogP contribution in [0.25, 0.3) is 32.7 Å². The van der Waals surface area contributed by atoms with E-state index < -0.39 is 0 Å². The van der Waals surface area contributed by atoms with Crippen LogP contribution in [0.4, 0.5) is 11.4 Å². The number of aliphatic imine (C=N–C) groups is 2. The van der Waals surface area contributed by atoms with Gasteiger partial charge >= 0.3 is 0 Å². The van der Waals surface area contributed by atoms with Crippen molar-refractivity contribution in [3.05, 3.63) is 133 Å². The molecule has 6 aromatic rings. The molecule has 0 saturated heterocycles. The molecule has 2 aromatic heterocycles. The molecule has 36 heavy (non-hydrogen) atoms. The monoisotopic (exact) mass is 462 g/mol. The number of benzene rings is 4. The lowest BCUT2D eigenvalue weighted by molar-refractivity contribution is 1.32. The van der Waals surface area contributed by atoms with Gasteiger partial charge in [0.25, 0.3) is 0 Å². The average molecular weight is 463 g/mol. The van der Waals surface area contributed by atoms with Crippen molar-refractivity contribution < 1.29 is 0 Å². The van der Waals surface area contributed by atoms with E-state index in [1.807, 2.05) is 49.1 Å². The highest BCUT2D eigenvalue weighted by atomic mass is 14.8. The standard InChI is InChI=1S/C32H22N4/c1-3-11-27-25(9-1)13-15-29(35-21-23-7-5-17-33-19-23)31(27)32-28-12-4-2-10-26(28)14-16-30(32)36-22-24-8-6-18-34-20-24/h1-22H. The zero-order valence-corrected chi connectivity index (χ0v) is 19.5. The number of pyridine rings is 2. The molecule has 0 amide bonds. The van der Waals surface area contributed by atoms with Gasteiger partial charge in [0.1, 0.15) is 0 Å². The van der Waals surface area contributed by atoms with Crippen molar-refractivity contribution in [2.24, 2.45) is 9.98 Å². The molecule has 170 valence electrons. The molecule has 0 fully saturated rings. The highest BCUT2D eigenvalue weighted by Crippen LogP contribution is 2.45. The molecule has 0 radical (unpaired) electrons. The quantitative estimate of drug-likeness (QED) is 0.244. The Bertz CT molecular complexity index is 1590. The summed E-state index contributed by atoms with van der Waals surface area (Å²) in [6, 6.07) is 33.1. The van der Waals surface area contributed by atoms with Crippen LogP contribution in [0.1, 0.15) is 11.1 Å². The van der Waals surface area contributed by atoms with E-state index in [1.165, 1.54) is 0 Å². The number of hydrogen-bond donors (Lipinski definition) is 0. The molecular formula is C32H22N4. The van der Waals surface area contributed by atoms with Gasteiger partial charge in [-0.15, -0.1) is 0 Å². The third-order valence-corrected chi connectivity index (χ3v) is 6.14. The van der Waals surface area contributed by atoms with E-state index in [2.05, 4.69) is 82.8 Å². The number of hydrogen-bond acceptors (Lipinski definition) is 4. The Balaban J connectivity index is 1.63. The largest absolute Gasteiger partial charge is 0.264 e. The van der Waals surface area contributed by atoms with Crippen LogP contribution in [0, 0.1) is 0 Å². The van der Waals surface area contributed by atoms with Gasteiger partial charge in [-0.3, -0.25) is 20.0 Å².